The normalized spacial score (nSPS) is 14.2. The fourth-order valence-corrected chi connectivity index (χ4v) is 3.52. The zero-order chi connectivity index (χ0) is 18.9. The summed E-state index contributed by atoms with van der Waals surface area (Å²) in [7, 11) is 0. The number of carbonyl (C=O) groups excluding carboxylic acids is 1. The highest BCUT2D eigenvalue weighted by atomic mass is 35.5. The number of para-hydroxylation sites is 1. The van der Waals surface area contributed by atoms with Gasteiger partial charge in [0.05, 0.1) is 16.6 Å². The first-order valence-corrected chi connectivity index (χ1v) is 8.59. The quantitative estimate of drug-likeness (QED) is 0.665. The lowest BCUT2D eigenvalue weighted by Gasteiger charge is -2.27. The molecule has 1 heterocycles. The van der Waals surface area contributed by atoms with Crippen molar-refractivity contribution in [2.45, 2.75) is 18.2 Å². The van der Waals surface area contributed by atoms with Crippen LogP contribution < -0.4 is 5.32 Å². The molecule has 136 valence electrons. The van der Waals surface area contributed by atoms with E-state index in [1.54, 1.807) is 24.3 Å². The third-order valence-electron chi connectivity index (χ3n) is 3.66. The topological polar surface area (TPSA) is 62.2 Å². The number of nitrogens with zero attached hydrogens (tertiary/aromatic N) is 1. The van der Waals surface area contributed by atoms with Crippen molar-refractivity contribution < 1.29 is 23.1 Å². The van der Waals surface area contributed by atoms with Crippen LogP contribution in [-0.2, 0) is 10.4 Å². The molecule has 0 fully saturated rings. The van der Waals surface area contributed by atoms with Crippen LogP contribution in [0.5, 0.6) is 0 Å². The van der Waals surface area contributed by atoms with Crippen LogP contribution in [0.2, 0.25) is 5.02 Å². The molecule has 3 rings (SSSR count). The van der Waals surface area contributed by atoms with Crippen molar-refractivity contribution >= 4 is 44.7 Å². The SMILES string of the molecule is O=C(C[C@@](O)(c1nc2ccccc2s1)C(F)(F)F)Nc1ccc(Cl)cc1. The number of benzene rings is 2. The Hall–Kier alpha value is -2.16. The van der Waals surface area contributed by atoms with E-state index in [4.69, 9.17) is 11.6 Å². The lowest BCUT2D eigenvalue weighted by atomic mass is 9.99. The minimum absolute atomic E-state index is 0.272. The first-order chi connectivity index (χ1) is 12.2. The zero-order valence-corrected chi connectivity index (χ0v) is 14.6. The third-order valence-corrected chi connectivity index (χ3v) is 5.10. The van der Waals surface area contributed by atoms with Crippen LogP contribution in [0, 0.1) is 0 Å². The fraction of sp³-hybridized carbons (Fsp3) is 0.176. The second kappa shape index (κ2) is 6.86. The van der Waals surface area contributed by atoms with E-state index in [1.807, 2.05) is 0 Å². The number of hydrogen-bond acceptors (Lipinski definition) is 4. The van der Waals surface area contributed by atoms with Crippen LogP contribution in [0.3, 0.4) is 0 Å². The smallest absolute Gasteiger partial charge is 0.374 e. The van der Waals surface area contributed by atoms with E-state index >= 15 is 0 Å². The Morgan fingerprint density at radius 1 is 1.15 bits per heavy atom. The van der Waals surface area contributed by atoms with E-state index in [0.29, 0.717) is 26.6 Å². The first kappa shape index (κ1) is 18.6. The Kier molecular flexibility index (Phi) is 4.92. The average Bonchev–Trinajstić information content (AvgIpc) is 3.00. The van der Waals surface area contributed by atoms with Crippen molar-refractivity contribution in [2.75, 3.05) is 5.32 Å². The Labute approximate surface area is 155 Å². The molecule has 0 unspecified atom stereocenters. The van der Waals surface area contributed by atoms with Gasteiger partial charge in [-0.15, -0.1) is 11.3 Å². The number of rotatable bonds is 4. The standard InChI is InChI=1S/C17H12ClF3N2O2S/c18-10-5-7-11(8-6-10)22-14(24)9-16(25,17(19,20)21)15-23-12-3-1-2-4-13(12)26-15/h1-8,25H,9H2,(H,22,24)/t16-/m1/s1. The molecule has 0 aliphatic heterocycles. The van der Waals surface area contributed by atoms with Crippen LogP contribution >= 0.6 is 22.9 Å². The molecule has 0 saturated heterocycles. The first-order valence-electron chi connectivity index (χ1n) is 7.39. The van der Waals surface area contributed by atoms with E-state index in [9.17, 15) is 23.1 Å². The molecule has 4 nitrogen and oxygen atoms in total. The molecule has 0 radical (unpaired) electrons. The van der Waals surface area contributed by atoms with Crippen molar-refractivity contribution in [3.8, 4) is 0 Å². The molecule has 0 aliphatic carbocycles. The molecule has 2 aromatic carbocycles. The number of nitrogens with one attached hydrogen (secondary N) is 1. The Bertz CT molecular complexity index is 910. The molecule has 26 heavy (non-hydrogen) atoms. The van der Waals surface area contributed by atoms with Gasteiger partial charge in [0.25, 0.3) is 0 Å². The minimum atomic E-state index is -5.07. The average molecular weight is 401 g/mol. The zero-order valence-electron chi connectivity index (χ0n) is 13.0. The molecular formula is C17H12ClF3N2O2S. The summed E-state index contributed by atoms with van der Waals surface area (Å²) in [6, 6.07) is 12.3. The molecule has 9 heteroatoms. The number of thiazole rings is 1. The number of aliphatic hydroxyl groups is 1. The summed E-state index contributed by atoms with van der Waals surface area (Å²) in [6.45, 7) is 0. The highest BCUT2D eigenvalue weighted by Gasteiger charge is 2.58. The van der Waals surface area contributed by atoms with Gasteiger partial charge in [-0.25, -0.2) is 4.98 Å². The van der Waals surface area contributed by atoms with Gasteiger partial charge in [-0.2, -0.15) is 13.2 Å². The predicted octanol–water partition coefficient (Wildman–Crippen LogP) is 4.73. The van der Waals surface area contributed by atoms with E-state index in [2.05, 4.69) is 10.3 Å². The second-order valence-corrected chi connectivity index (χ2v) is 7.04. The van der Waals surface area contributed by atoms with Crippen molar-refractivity contribution in [3.05, 3.63) is 58.6 Å². The van der Waals surface area contributed by atoms with Gasteiger partial charge in [-0.3, -0.25) is 4.79 Å². The van der Waals surface area contributed by atoms with Crippen molar-refractivity contribution in [1.82, 2.24) is 4.98 Å². The van der Waals surface area contributed by atoms with Crippen LogP contribution in [0.15, 0.2) is 48.5 Å². The van der Waals surface area contributed by atoms with Crippen LogP contribution in [0.4, 0.5) is 18.9 Å². The van der Waals surface area contributed by atoms with Crippen LogP contribution in [-0.4, -0.2) is 22.2 Å². The second-order valence-electron chi connectivity index (χ2n) is 5.58. The van der Waals surface area contributed by atoms with Gasteiger partial charge in [0.2, 0.25) is 11.5 Å². The van der Waals surface area contributed by atoms with E-state index in [1.165, 1.54) is 24.3 Å². The van der Waals surface area contributed by atoms with E-state index in [-0.39, 0.29) is 5.69 Å². The van der Waals surface area contributed by atoms with Crippen molar-refractivity contribution in [2.24, 2.45) is 0 Å². The summed E-state index contributed by atoms with van der Waals surface area (Å²) < 4.78 is 41.3. The molecule has 2 N–H and O–H groups in total. The number of carbonyl (C=O) groups is 1. The van der Waals surface area contributed by atoms with Crippen molar-refractivity contribution in [1.29, 1.82) is 0 Å². The van der Waals surface area contributed by atoms with E-state index < -0.39 is 29.1 Å². The predicted molar refractivity (Wildman–Crippen MR) is 94.3 cm³/mol. The molecule has 1 atom stereocenters. The lowest BCUT2D eigenvalue weighted by Crippen LogP contribution is -2.45. The van der Waals surface area contributed by atoms with Crippen LogP contribution in [0.1, 0.15) is 11.4 Å². The van der Waals surface area contributed by atoms with Gasteiger partial charge in [0, 0.05) is 10.7 Å². The summed E-state index contributed by atoms with van der Waals surface area (Å²) in [4.78, 5) is 16.0. The maximum absolute atomic E-state index is 13.6. The van der Waals surface area contributed by atoms with Gasteiger partial charge in [0.15, 0.2) is 0 Å². The maximum Gasteiger partial charge on any atom is 0.424 e. The third kappa shape index (κ3) is 3.67. The van der Waals surface area contributed by atoms with E-state index in [0.717, 1.165) is 0 Å². The van der Waals surface area contributed by atoms with Gasteiger partial charge in [-0.05, 0) is 36.4 Å². The Balaban J connectivity index is 1.90. The number of fused-ring (bicyclic) bond motifs is 1. The highest BCUT2D eigenvalue weighted by molar-refractivity contribution is 7.18. The number of amides is 1. The highest BCUT2D eigenvalue weighted by Crippen LogP contribution is 2.44. The summed E-state index contributed by atoms with van der Waals surface area (Å²) >= 11 is 6.43. The maximum atomic E-state index is 13.6. The minimum Gasteiger partial charge on any atom is -0.374 e. The summed E-state index contributed by atoms with van der Waals surface area (Å²) in [6.07, 6.45) is -6.28. The monoisotopic (exact) mass is 400 g/mol. The number of anilines is 1. The molecule has 1 amide bonds. The summed E-state index contributed by atoms with van der Waals surface area (Å²) in [5.41, 5.74) is -2.78. The number of alkyl halides is 3. The lowest BCUT2D eigenvalue weighted by molar-refractivity contribution is -0.266. The summed E-state index contributed by atoms with van der Waals surface area (Å²) in [5, 5.41) is 12.5. The fourth-order valence-electron chi connectivity index (χ4n) is 2.32. The van der Waals surface area contributed by atoms with Gasteiger partial charge in [0.1, 0.15) is 5.01 Å². The molecule has 0 aliphatic rings. The molecule has 0 saturated carbocycles. The Morgan fingerprint density at radius 3 is 2.42 bits per heavy atom. The van der Waals surface area contributed by atoms with Crippen molar-refractivity contribution in [3.63, 3.8) is 0 Å². The molecular weight excluding hydrogens is 389 g/mol. The molecule has 1 aromatic heterocycles. The number of hydrogen-bond donors (Lipinski definition) is 2. The molecule has 0 spiro atoms. The largest absolute Gasteiger partial charge is 0.424 e. The van der Waals surface area contributed by atoms with Gasteiger partial charge in [-0.1, -0.05) is 23.7 Å². The summed E-state index contributed by atoms with van der Waals surface area (Å²) in [5.74, 6) is -0.994. The molecule has 0 bridgehead atoms. The van der Waals surface area contributed by atoms with Gasteiger partial charge < -0.3 is 10.4 Å². The van der Waals surface area contributed by atoms with Gasteiger partial charge >= 0.3 is 6.18 Å². The van der Waals surface area contributed by atoms with Crippen LogP contribution in [0.25, 0.3) is 10.2 Å². The Morgan fingerprint density at radius 2 is 1.81 bits per heavy atom. The molecule has 3 aromatic rings. The number of halogens is 4. The number of aromatic nitrogens is 1.